The van der Waals surface area contributed by atoms with Gasteiger partial charge in [-0.2, -0.15) is 9.78 Å². The quantitative estimate of drug-likeness (QED) is 0.196. The third-order valence-corrected chi connectivity index (χ3v) is 6.98. The molecule has 0 saturated carbocycles. The minimum atomic E-state index is -0.568. The van der Waals surface area contributed by atoms with E-state index >= 15 is 0 Å². The maximum atomic E-state index is 13.3. The SMILES string of the molecule is COc1cc(/C=N\NC(=O)c2c(CN3CCOCC3)nnn2-c2nonc2N)cc(Br)c1OCc1ccccc1C. The van der Waals surface area contributed by atoms with Crippen molar-refractivity contribution >= 4 is 33.9 Å². The highest BCUT2D eigenvalue weighted by Gasteiger charge is 2.26. The minimum Gasteiger partial charge on any atom is -0.493 e. The van der Waals surface area contributed by atoms with E-state index in [4.69, 9.17) is 24.6 Å². The van der Waals surface area contributed by atoms with Crippen LogP contribution in [0.25, 0.3) is 5.82 Å². The number of hydrogen-bond acceptors (Lipinski definition) is 12. The molecule has 2 aromatic heterocycles. The van der Waals surface area contributed by atoms with Gasteiger partial charge in [-0.3, -0.25) is 9.69 Å². The van der Waals surface area contributed by atoms with E-state index in [1.54, 1.807) is 13.2 Å². The third kappa shape index (κ3) is 6.53. The molecular weight excluding hydrogens is 598 g/mol. The van der Waals surface area contributed by atoms with Gasteiger partial charge in [0.15, 0.2) is 17.2 Å². The van der Waals surface area contributed by atoms with Gasteiger partial charge in [-0.15, -0.1) is 5.10 Å². The van der Waals surface area contributed by atoms with Crippen molar-refractivity contribution in [3.63, 3.8) is 0 Å². The Labute approximate surface area is 243 Å². The summed E-state index contributed by atoms with van der Waals surface area (Å²) in [7, 11) is 1.56. The summed E-state index contributed by atoms with van der Waals surface area (Å²) in [5, 5.41) is 19.8. The Morgan fingerprint density at radius 1 is 1.24 bits per heavy atom. The number of anilines is 1. The van der Waals surface area contributed by atoms with Crippen molar-refractivity contribution in [2.75, 3.05) is 39.1 Å². The summed E-state index contributed by atoms with van der Waals surface area (Å²) in [5.41, 5.74) is 11.8. The Bertz CT molecular complexity index is 1550. The second-order valence-corrected chi connectivity index (χ2v) is 9.96. The highest BCUT2D eigenvalue weighted by atomic mass is 79.9. The van der Waals surface area contributed by atoms with Gasteiger partial charge in [0.05, 0.1) is 31.0 Å². The van der Waals surface area contributed by atoms with E-state index in [0.29, 0.717) is 66.7 Å². The molecule has 214 valence electrons. The van der Waals surface area contributed by atoms with Crippen molar-refractivity contribution in [1.29, 1.82) is 0 Å². The highest BCUT2D eigenvalue weighted by molar-refractivity contribution is 9.10. The Hall–Kier alpha value is -4.34. The molecule has 15 heteroatoms. The number of nitrogens with one attached hydrogen (secondary N) is 1. The van der Waals surface area contributed by atoms with E-state index in [1.807, 2.05) is 37.3 Å². The molecule has 1 aliphatic heterocycles. The van der Waals surface area contributed by atoms with Crippen LogP contribution >= 0.6 is 15.9 Å². The fraction of sp³-hybridized carbons (Fsp3) is 0.308. The van der Waals surface area contributed by atoms with Crippen molar-refractivity contribution in [1.82, 2.24) is 35.6 Å². The molecule has 4 aromatic rings. The van der Waals surface area contributed by atoms with Gasteiger partial charge in [-0.1, -0.05) is 29.5 Å². The summed E-state index contributed by atoms with van der Waals surface area (Å²) in [6.07, 6.45) is 1.48. The molecule has 0 unspecified atom stereocenters. The van der Waals surface area contributed by atoms with Crippen LogP contribution < -0.4 is 20.6 Å². The van der Waals surface area contributed by atoms with Crippen molar-refractivity contribution in [3.05, 3.63) is 68.9 Å². The van der Waals surface area contributed by atoms with E-state index in [-0.39, 0.29) is 17.3 Å². The summed E-state index contributed by atoms with van der Waals surface area (Å²) in [6.45, 7) is 5.36. The lowest BCUT2D eigenvalue weighted by molar-refractivity contribution is 0.0335. The molecule has 3 N–H and O–H groups in total. The number of nitrogen functional groups attached to an aromatic ring is 1. The first kappa shape index (κ1) is 28.2. The van der Waals surface area contributed by atoms with Gasteiger partial charge in [0.25, 0.3) is 5.91 Å². The van der Waals surface area contributed by atoms with E-state index < -0.39 is 5.91 Å². The maximum absolute atomic E-state index is 13.3. The van der Waals surface area contributed by atoms with Crippen LogP contribution in [0.3, 0.4) is 0 Å². The van der Waals surface area contributed by atoms with Gasteiger partial charge in [-0.05, 0) is 62.0 Å². The number of nitrogens with zero attached hydrogens (tertiary/aromatic N) is 7. The molecule has 2 aromatic carbocycles. The van der Waals surface area contributed by atoms with E-state index in [2.05, 4.69) is 52.0 Å². The first-order valence-corrected chi connectivity index (χ1v) is 13.4. The van der Waals surface area contributed by atoms with Crippen molar-refractivity contribution < 1.29 is 23.6 Å². The van der Waals surface area contributed by atoms with Crippen LogP contribution in [0.15, 0.2) is 50.6 Å². The number of carbonyl (C=O) groups excluding carboxylic acids is 1. The number of ether oxygens (including phenoxy) is 3. The lowest BCUT2D eigenvalue weighted by Gasteiger charge is -2.25. The summed E-state index contributed by atoms with van der Waals surface area (Å²) < 4.78 is 23.6. The summed E-state index contributed by atoms with van der Waals surface area (Å²) in [4.78, 5) is 15.4. The zero-order valence-corrected chi connectivity index (χ0v) is 24.0. The Balaban J connectivity index is 1.33. The second-order valence-electron chi connectivity index (χ2n) is 9.11. The first-order chi connectivity index (χ1) is 19.9. The molecule has 1 aliphatic rings. The molecule has 0 radical (unpaired) electrons. The molecule has 1 fully saturated rings. The van der Waals surface area contributed by atoms with Gasteiger partial charge in [0.1, 0.15) is 12.3 Å². The van der Waals surface area contributed by atoms with Crippen LogP contribution in [0, 0.1) is 6.92 Å². The molecule has 0 spiro atoms. The van der Waals surface area contributed by atoms with Crippen LogP contribution in [-0.4, -0.2) is 75.7 Å². The molecule has 0 atom stereocenters. The third-order valence-electron chi connectivity index (χ3n) is 6.39. The topological polar surface area (TPSA) is 168 Å². The average molecular weight is 626 g/mol. The monoisotopic (exact) mass is 625 g/mol. The molecular formula is C26H28BrN9O5. The predicted molar refractivity (Wildman–Crippen MR) is 151 cm³/mol. The summed E-state index contributed by atoms with van der Waals surface area (Å²) in [6, 6.07) is 11.6. The number of morpholine rings is 1. The largest absolute Gasteiger partial charge is 0.493 e. The van der Waals surface area contributed by atoms with Crippen molar-refractivity contribution in [2.24, 2.45) is 5.10 Å². The second kappa shape index (κ2) is 12.9. The number of aryl methyl sites for hydroxylation is 1. The molecule has 41 heavy (non-hydrogen) atoms. The van der Waals surface area contributed by atoms with E-state index in [1.165, 1.54) is 10.9 Å². The number of benzene rings is 2. The summed E-state index contributed by atoms with van der Waals surface area (Å²) >= 11 is 3.56. The van der Waals surface area contributed by atoms with Gasteiger partial charge < -0.3 is 19.9 Å². The Morgan fingerprint density at radius 2 is 2.05 bits per heavy atom. The fourth-order valence-electron chi connectivity index (χ4n) is 4.20. The van der Waals surface area contributed by atoms with Crippen molar-refractivity contribution in [2.45, 2.75) is 20.1 Å². The highest BCUT2D eigenvalue weighted by Crippen LogP contribution is 2.37. The molecule has 3 heterocycles. The summed E-state index contributed by atoms with van der Waals surface area (Å²) in [5.74, 6) is 0.506. The zero-order chi connectivity index (χ0) is 28.8. The van der Waals surface area contributed by atoms with Crippen LogP contribution in [-0.2, 0) is 17.9 Å². The normalized spacial score (nSPS) is 13.9. The predicted octanol–water partition coefficient (Wildman–Crippen LogP) is 2.49. The maximum Gasteiger partial charge on any atom is 0.292 e. The van der Waals surface area contributed by atoms with Crippen LogP contribution in [0.2, 0.25) is 0 Å². The first-order valence-electron chi connectivity index (χ1n) is 12.7. The smallest absolute Gasteiger partial charge is 0.292 e. The molecule has 14 nitrogen and oxygen atoms in total. The Morgan fingerprint density at radius 3 is 2.78 bits per heavy atom. The molecule has 1 amide bonds. The minimum absolute atomic E-state index is 0.0351. The standard InChI is InChI=1S/C26H28BrN9O5/c1-16-5-3-4-6-18(16)15-40-23-19(27)11-17(12-21(23)38-2)13-29-31-26(37)22-20(14-35-7-9-39-10-8-35)30-34-36(22)25-24(28)32-41-33-25/h3-6,11-13H,7-10,14-15H2,1-2H3,(H2,28,32)(H,31,37)/b29-13-. The van der Waals surface area contributed by atoms with Crippen LogP contribution in [0.4, 0.5) is 5.82 Å². The number of nitrogens with two attached hydrogens (primary N) is 1. The van der Waals surface area contributed by atoms with Gasteiger partial charge in [0, 0.05) is 19.6 Å². The van der Waals surface area contributed by atoms with E-state index in [0.717, 1.165) is 11.1 Å². The van der Waals surface area contributed by atoms with Gasteiger partial charge in [-0.25, -0.2) is 10.1 Å². The number of halogens is 1. The lowest BCUT2D eigenvalue weighted by Crippen LogP contribution is -2.36. The van der Waals surface area contributed by atoms with Crippen LogP contribution in [0.5, 0.6) is 11.5 Å². The number of amides is 1. The number of hydrazone groups is 1. The van der Waals surface area contributed by atoms with Gasteiger partial charge >= 0.3 is 0 Å². The fourth-order valence-corrected chi connectivity index (χ4v) is 4.77. The van der Waals surface area contributed by atoms with Gasteiger partial charge in [0.2, 0.25) is 11.6 Å². The molecule has 1 saturated heterocycles. The number of rotatable bonds is 10. The molecule has 0 bridgehead atoms. The number of carbonyl (C=O) groups is 1. The van der Waals surface area contributed by atoms with Crippen molar-refractivity contribution in [3.8, 4) is 17.3 Å². The average Bonchev–Trinajstić information content (AvgIpc) is 3.59. The number of methoxy groups -OCH3 is 1. The number of hydrogen-bond donors (Lipinski definition) is 2. The van der Waals surface area contributed by atoms with Crippen LogP contribution in [0.1, 0.15) is 32.9 Å². The lowest BCUT2D eigenvalue weighted by atomic mass is 10.1. The zero-order valence-electron chi connectivity index (χ0n) is 22.4. The molecule has 5 rings (SSSR count). The number of aromatic nitrogens is 5. The Kier molecular flexibility index (Phi) is 8.86. The van der Waals surface area contributed by atoms with E-state index in [9.17, 15) is 4.79 Å². The molecule has 0 aliphatic carbocycles.